The van der Waals surface area contributed by atoms with E-state index in [4.69, 9.17) is 32.7 Å². The lowest BCUT2D eigenvalue weighted by Crippen LogP contribution is -2.54. The summed E-state index contributed by atoms with van der Waals surface area (Å²) in [6, 6.07) is 23.9. The summed E-state index contributed by atoms with van der Waals surface area (Å²) in [5, 5.41) is 3.63. The van der Waals surface area contributed by atoms with Crippen LogP contribution in [-0.4, -0.2) is 58.0 Å². The van der Waals surface area contributed by atoms with E-state index in [0.29, 0.717) is 21.4 Å². The van der Waals surface area contributed by atoms with Crippen LogP contribution in [0.4, 0.5) is 5.69 Å². The maximum atomic E-state index is 14.7. The van der Waals surface area contributed by atoms with Crippen molar-refractivity contribution in [3.8, 4) is 11.5 Å². The van der Waals surface area contributed by atoms with Gasteiger partial charge in [-0.15, -0.1) is 0 Å². The molecule has 0 aromatic heterocycles. The molecule has 4 aromatic rings. The second-order valence-corrected chi connectivity index (χ2v) is 14.2. The Morgan fingerprint density at radius 3 is 2.17 bits per heavy atom. The van der Waals surface area contributed by atoms with Crippen LogP contribution in [-0.2, 0) is 32.6 Å². The Morgan fingerprint density at radius 1 is 0.875 bits per heavy atom. The lowest BCUT2D eigenvalue weighted by atomic mass is 10.0. The van der Waals surface area contributed by atoms with Gasteiger partial charge in [-0.2, -0.15) is 0 Å². The predicted octanol–water partition coefficient (Wildman–Crippen LogP) is 6.68. The third kappa shape index (κ3) is 9.00. The first-order valence-electron chi connectivity index (χ1n) is 15.2. The van der Waals surface area contributed by atoms with Crippen LogP contribution in [0.25, 0.3) is 0 Å². The van der Waals surface area contributed by atoms with E-state index < -0.39 is 34.4 Å². The molecule has 0 aliphatic carbocycles. The van der Waals surface area contributed by atoms with E-state index in [1.807, 2.05) is 51.1 Å². The van der Waals surface area contributed by atoms with Crippen LogP contribution in [0.5, 0.6) is 11.5 Å². The van der Waals surface area contributed by atoms with Crippen molar-refractivity contribution in [2.75, 3.05) is 25.1 Å². The second kappa shape index (κ2) is 16.2. The smallest absolute Gasteiger partial charge is 0.264 e. The number of halogens is 2. The number of ether oxygens (including phenoxy) is 2. The van der Waals surface area contributed by atoms with Gasteiger partial charge >= 0.3 is 0 Å². The molecule has 0 saturated carbocycles. The number of amides is 2. The normalized spacial score (nSPS) is 11.9. The Morgan fingerprint density at radius 2 is 1.56 bits per heavy atom. The highest BCUT2D eigenvalue weighted by Gasteiger charge is 2.36. The number of methoxy groups -OCH3 is 2. The predicted molar refractivity (Wildman–Crippen MR) is 189 cm³/mol. The number of nitrogens with one attached hydrogen (secondary N) is 1. The van der Waals surface area contributed by atoms with Gasteiger partial charge in [0.25, 0.3) is 10.0 Å². The van der Waals surface area contributed by atoms with Crippen molar-refractivity contribution >= 4 is 50.7 Å². The molecule has 0 fully saturated rings. The largest absolute Gasteiger partial charge is 0.497 e. The number of sulfonamides is 1. The molecule has 48 heavy (non-hydrogen) atoms. The monoisotopic (exact) mass is 711 g/mol. The minimum atomic E-state index is -4.36. The first-order valence-corrected chi connectivity index (χ1v) is 17.4. The topological polar surface area (TPSA) is 105 Å². The van der Waals surface area contributed by atoms with Gasteiger partial charge in [0, 0.05) is 35.1 Å². The van der Waals surface area contributed by atoms with Crippen molar-refractivity contribution in [3.05, 3.63) is 118 Å². The van der Waals surface area contributed by atoms with Crippen LogP contribution in [0.1, 0.15) is 30.5 Å². The van der Waals surface area contributed by atoms with E-state index >= 15 is 0 Å². The first-order chi connectivity index (χ1) is 22.8. The van der Waals surface area contributed by atoms with Crippen molar-refractivity contribution in [1.82, 2.24) is 10.2 Å². The maximum absolute atomic E-state index is 14.7. The fourth-order valence-electron chi connectivity index (χ4n) is 5.11. The molecule has 9 nitrogen and oxygen atoms in total. The molecule has 254 valence electrons. The number of anilines is 1. The maximum Gasteiger partial charge on any atom is 0.264 e. The Kier molecular flexibility index (Phi) is 12.4. The summed E-state index contributed by atoms with van der Waals surface area (Å²) in [5.41, 5.74) is 2.28. The number of hydrogen-bond acceptors (Lipinski definition) is 6. The molecule has 1 unspecified atom stereocenters. The molecule has 1 N–H and O–H groups in total. The minimum Gasteiger partial charge on any atom is -0.497 e. The second-order valence-electron chi connectivity index (χ2n) is 11.5. The van der Waals surface area contributed by atoms with Gasteiger partial charge in [0.1, 0.15) is 24.1 Å². The standard InChI is InChI=1S/C36H39Cl2N3O6S/c1-24(2)39-36(43)33(19-26-9-7-6-8-10-26)40(22-27-13-14-28(37)20-31(27)38)35(42)23-41(32-21-29(46-4)15-18-34(32)47-5)48(44,45)30-16-11-25(3)12-17-30/h6-18,20-21,24,33H,19,22-23H2,1-5H3,(H,39,43). The van der Waals surface area contributed by atoms with E-state index in [0.717, 1.165) is 15.4 Å². The summed E-state index contributed by atoms with van der Waals surface area (Å²) >= 11 is 12.8. The highest BCUT2D eigenvalue weighted by molar-refractivity contribution is 7.92. The molecule has 0 bridgehead atoms. The quantitative estimate of drug-likeness (QED) is 0.157. The zero-order chi connectivity index (χ0) is 35.0. The fraction of sp³-hybridized carbons (Fsp3) is 0.278. The molecular weight excluding hydrogens is 673 g/mol. The van der Waals surface area contributed by atoms with Gasteiger partial charge < -0.3 is 19.7 Å². The Balaban J connectivity index is 1.89. The summed E-state index contributed by atoms with van der Waals surface area (Å²) in [6.45, 7) is 4.71. The molecule has 4 rings (SSSR count). The molecule has 12 heteroatoms. The van der Waals surface area contributed by atoms with E-state index in [-0.39, 0.29) is 35.3 Å². The van der Waals surface area contributed by atoms with Crippen molar-refractivity contribution < 1.29 is 27.5 Å². The van der Waals surface area contributed by atoms with E-state index in [1.54, 1.807) is 42.5 Å². The SMILES string of the molecule is COc1ccc(OC)c(N(CC(=O)N(Cc2ccc(Cl)cc2Cl)C(Cc2ccccc2)C(=O)NC(C)C)S(=O)(=O)c2ccc(C)cc2)c1. The van der Waals surface area contributed by atoms with Gasteiger partial charge in [-0.25, -0.2) is 8.42 Å². The molecule has 1 atom stereocenters. The number of hydrogen-bond donors (Lipinski definition) is 1. The van der Waals surface area contributed by atoms with Gasteiger partial charge in [-0.1, -0.05) is 77.3 Å². The molecule has 2 amide bonds. The zero-order valence-electron chi connectivity index (χ0n) is 27.4. The molecule has 0 radical (unpaired) electrons. The van der Waals surface area contributed by atoms with Crippen LogP contribution in [0, 0.1) is 6.92 Å². The van der Waals surface area contributed by atoms with Crippen molar-refractivity contribution in [2.24, 2.45) is 0 Å². The van der Waals surface area contributed by atoms with Crippen LogP contribution >= 0.6 is 23.2 Å². The highest BCUT2D eigenvalue weighted by atomic mass is 35.5. The minimum absolute atomic E-state index is 0.0311. The Hall–Kier alpha value is -4.25. The average molecular weight is 713 g/mol. The Bertz CT molecular complexity index is 1840. The summed E-state index contributed by atoms with van der Waals surface area (Å²) in [6.07, 6.45) is 0.156. The Labute approximate surface area is 292 Å². The van der Waals surface area contributed by atoms with E-state index in [9.17, 15) is 18.0 Å². The first kappa shape index (κ1) is 36.6. The van der Waals surface area contributed by atoms with Gasteiger partial charge in [-0.3, -0.25) is 13.9 Å². The van der Waals surface area contributed by atoms with Crippen molar-refractivity contribution in [3.63, 3.8) is 0 Å². The number of carbonyl (C=O) groups excluding carboxylic acids is 2. The molecule has 4 aromatic carbocycles. The number of carbonyl (C=O) groups is 2. The third-order valence-electron chi connectivity index (χ3n) is 7.60. The lowest BCUT2D eigenvalue weighted by molar-refractivity contribution is -0.140. The van der Waals surface area contributed by atoms with Gasteiger partial charge in [0.05, 0.1) is 24.8 Å². The average Bonchev–Trinajstić information content (AvgIpc) is 3.06. The molecule has 0 aliphatic heterocycles. The lowest BCUT2D eigenvalue weighted by Gasteiger charge is -2.34. The van der Waals surface area contributed by atoms with Crippen LogP contribution < -0.4 is 19.1 Å². The number of benzene rings is 4. The van der Waals surface area contributed by atoms with Crippen molar-refractivity contribution in [2.45, 2.75) is 50.7 Å². The number of aryl methyl sites for hydroxylation is 1. The van der Waals surface area contributed by atoms with Gasteiger partial charge in [0.2, 0.25) is 11.8 Å². The van der Waals surface area contributed by atoms with Gasteiger partial charge in [-0.05, 0) is 68.3 Å². The van der Waals surface area contributed by atoms with E-state index in [1.165, 1.54) is 37.3 Å². The van der Waals surface area contributed by atoms with Crippen LogP contribution in [0.3, 0.4) is 0 Å². The molecule has 0 spiro atoms. The van der Waals surface area contributed by atoms with Crippen LogP contribution in [0.15, 0.2) is 95.9 Å². The number of nitrogens with zero attached hydrogens (tertiary/aromatic N) is 2. The third-order valence-corrected chi connectivity index (χ3v) is 9.96. The zero-order valence-corrected chi connectivity index (χ0v) is 29.8. The summed E-state index contributed by atoms with van der Waals surface area (Å²) < 4.78 is 40.8. The summed E-state index contributed by atoms with van der Waals surface area (Å²) in [5.74, 6) is -0.504. The number of rotatable bonds is 14. The molecule has 0 saturated heterocycles. The summed E-state index contributed by atoms with van der Waals surface area (Å²) in [7, 11) is -1.50. The van der Waals surface area contributed by atoms with Gasteiger partial charge in [0.15, 0.2) is 0 Å². The fourth-order valence-corrected chi connectivity index (χ4v) is 7.00. The highest BCUT2D eigenvalue weighted by Crippen LogP contribution is 2.36. The molecule has 0 heterocycles. The molecular formula is C36H39Cl2N3O6S. The molecule has 0 aliphatic rings. The van der Waals surface area contributed by atoms with Crippen LogP contribution in [0.2, 0.25) is 10.0 Å². The van der Waals surface area contributed by atoms with E-state index in [2.05, 4.69) is 5.32 Å². The summed E-state index contributed by atoms with van der Waals surface area (Å²) in [4.78, 5) is 29.9. The van der Waals surface area contributed by atoms with Crippen molar-refractivity contribution in [1.29, 1.82) is 0 Å².